The van der Waals surface area contributed by atoms with Crippen LogP contribution in [-0.2, 0) is 19.5 Å². The summed E-state index contributed by atoms with van der Waals surface area (Å²) in [5.74, 6) is 0. The summed E-state index contributed by atoms with van der Waals surface area (Å²) in [4.78, 5) is 7.56. The molecule has 3 N–H and O–H groups in total. The van der Waals surface area contributed by atoms with E-state index >= 15 is 0 Å². The maximum absolute atomic E-state index is 3.36. The van der Waals surface area contributed by atoms with E-state index in [0.29, 0.717) is 0 Å². The van der Waals surface area contributed by atoms with Gasteiger partial charge < -0.3 is 16.0 Å². The van der Waals surface area contributed by atoms with E-state index in [9.17, 15) is 0 Å². The molecule has 3 aliphatic heterocycles. The summed E-state index contributed by atoms with van der Waals surface area (Å²) in [7, 11) is 0. The van der Waals surface area contributed by atoms with Gasteiger partial charge in [0.15, 0.2) is 0 Å². The maximum Gasteiger partial charge on any atom is 0.0498 e. The molecule has 0 radical (unpaired) electrons. The van der Waals surface area contributed by atoms with Crippen molar-refractivity contribution in [2.45, 2.75) is 29.4 Å². The molecule has 3 aliphatic rings. The summed E-state index contributed by atoms with van der Waals surface area (Å²) in [6.45, 7) is 0. The van der Waals surface area contributed by atoms with Crippen LogP contribution in [-0.4, -0.2) is 0 Å². The molecule has 0 aliphatic carbocycles. The van der Waals surface area contributed by atoms with Crippen molar-refractivity contribution < 1.29 is 19.5 Å². The average Bonchev–Trinajstić information content (AvgIpc) is 3.06. The fourth-order valence-electron chi connectivity index (χ4n) is 4.55. The number of hydrogen-bond donors (Lipinski definition) is 3. The Hall–Kier alpha value is -3.61. The molecule has 9 rings (SSSR count). The summed E-state index contributed by atoms with van der Waals surface area (Å²) >= 11 is 5.37. The van der Waals surface area contributed by atoms with Gasteiger partial charge in [0.25, 0.3) is 0 Å². The van der Waals surface area contributed by atoms with Gasteiger partial charge in [-0.3, -0.25) is 0 Å². The third-order valence-corrected chi connectivity index (χ3v) is 9.96. The Bertz CT molecular complexity index is 1400. The number of hydrogen-bond acceptors (Lipinski definition) is 6. The molecule has 43 heavy (non-hydrogen) atoms. The molecule has 3 heterocycles. The minimum atomic E-state index is 0. The summed E-state index contributed by atoms with van der Waals surface area (Å²) in [6.07, 6.45) is 0. The molecule has 0 bridgehead atoms. The van der Waals surface area contributed by atoms with E-state index in [1.807, 2.05) is 54.6 Å². The van der Waals surface area contributed by atoms with Crippen molar-refractivity contribution in [2.24, 2.45) is 0 Å². The van der Waals surface area contributed by atoms with Crippen molar-refractivity contribution >= 4 is 69.4 Å². The molecular formula is C36H24N3S3Zn-3. The number of para-hydroxylation sites is 6. The van der Waals surface area contributed by atoms with Gasteiger partial charge in [-0.2, -0.15) is 108 Å². The molecule has 6 aromatic rings. The molecule has 7 heteroatoms. The van der Waals surface area contributed by atoms with Crippen LogP contribution in [0.5, 0.6) is 0 Å². The number of benzene rings is 6. The molecule has 0 aromatic heterocycles. The van der Waals surface area contributed by atoms with Crippen LogP contribution in [0.1, 0.15) is 0 Å². The van der Waals surface area contributed by atoms with Gasteiger partial charge in [-0.1, -0.05) is 68.1 Å². The van der Waals surface area contributed by atoms with Crippen molar-refractivity contribution in [1.82, 2.24) is 0 Å². The van der Waals surface area contributed by atoms with Crippen LogP contribution in [0, 0.1) is 18.2 Å². The zero-order chi connectivity index (χ0) is 28.1. The maximum atomic E-state index is 3.36. The predicted molar refractivity (Wildman–Crippen MR) is 177 cm³/mol. The second kappa shape index (κ2) is 13.8. The van der Waals surface area contributed by atoms with Crippen LogP contribution in [0.2, 0.25) is 0 Å². The van der Waals surface area contributed by atoms with Crippen LogP contribution in [0.15, 0.2) is 157 Å². The topological polar surface area (TPSA) is 36.1 Å². The van der Waals surface area contributed by atoms with Gasteiger partial charge in [0, 0.05) is 51.2 Å². The number of fused-ring (bicyclic) bond motifs is 6. The van der Waals surface area contributed by atoms with E-state index in [2.05, 4.69) is 107 Å². The van der Waals surface area contributed by atoms with Gasteiger partial charge in [-0.05, 0) is 36.4 Å². The molecule has 0 saturated heterocycles. The standard InChI is InChI=1S/3C12H8NS.Zn/c3*1-3-7-11-9(5-1)13-10-6-2-4-8-12(10)14-11;/h3*1-5,7-8,13H;/q3*-1;. The SMILES string of the molecule is [Zn].[c-]1cccc2c1Nc1ccccc1S2.[c-]1cccc2c1Nc1ccccc1S2.[c-]1cccc2c1Nc1ccccc1S2. The molecule has 0 atom stereocenters. The quantitative estimate of drug-likeness (QED) is 0.111. The Morgan fingerprint density at radius 1 is 0.349 bits per heavy atom. The Morgan fingerprint density at radius 3 is 0.953 bits per heavy atom. The Kier molecular flexibility index (Phi) is 9.45. The Morgan fingerprint density at radius 2 is 0.628 bits per heavy atom. The van der Waals surface area contributed by atoms with Crippen molar-refractivity contribution in [1.29, 1.82) is 0 Å². The van der Waals surface area contributed by atoms with Crippen LogP contribution < -0.4 is 16.0 Å². The van der Waals surface area contributed by atoms with Crippen LogP contribution in [0.25, 0.3) is 0 Å². The second-order valence-corrected chi connectivity index (χ2v) is 12.6. The van der Waals surface area contributed by atoms with Crippen molar-refractivity contribution in [3.05, 3.63) is 146 Å². The molecule has 6 aromatic carbocycles. The first-order valence-corrected chi connectivity index (χ1v) is 15.9. The van der Waals surface area contributed by atoms with Gasteiger partial charge in [-0.15, -0.1) is 0 Å². The monoisotopic (exact) mass is 658 g/mol. The van der Waals surface area contributed by atoms with Crippen LogP contribution in [0.3, 0.4) is 0 Å². The van der Waals surface area contributed by atoms with Crippen molar-refractivity contribution in [3.63, 3.8) is 0 Å². The predicted octanol–water partition coefficient (Wildman–Crippen LogP) is 11.1. The normalized spacial score (nSPS) is 12.3. The fraction of sp³-hybridized carbons (Fsp3) is 0. The van der Waals surface area contributed by atoms with Gasteiger partial charge in [0.2, 0.25) is 0 Å². The molecule has 0 amide bonds. The summed E-state index contributed by atoms with van der Waals surface area (Å²) < 4.78 is 0. The molecule has 0 fully saturated rings. The van der Waals surface area contributed by atoms with Gasteiger partial charge in [0.1, 0.15) is 0 Å². The van der Waals surface area contributed by atoms with Crippen molar-refractivity contribution in [3.8, 4) is 0 Å². The summed E-state index contributed by atoms with van der Waals surface area (Å²) in [6, 6.07) is 52.7. The Labute approximate surface area is 278 Å². The van der Waals surface area contributed by atoms with Crippen molar-refractivity contribution in [2.75, 3.05) is 16.0 Å². The third-order valence-electron chi connectivity index (χ3n) is 6.55. The molecule has 3 nitrogen and oxygen atoms in total. The van der Waals surface area contributed by atoms with E-state index in [1.54, 1.807) is 35.3 Å². The second-order valence-electron chi connectivity index (χ2n) is 9.40. The van der Waals surface area contributed by atoms with E-state index in [1.165, 1.54) is 46.4 Å². The number of rotatable bonds is 0. The van der Waals surface area contributed by atoms with Crippen LogP contribution >= 0.6 is 35.3 Å². The Balaban J connectivity index is 0.000000113. The third kappa shape index (κ3) is 6.81. The molecule has 0 spiro atoms. The molecule has 206 valence electrons. The van der Waals surface area contributed by atoms with E-state index in [-0.39, 0.29) is 19.5 Å². The largest absolute Gasteiger partial charge is 0.377 e. The first-order valence-electron chi connectivity index (χ1n) is 13.4. The molecular weight excluding hydrogens is 636 g/mol. The smallest absolute Gasteiger partial charge is 0.0498 e. The van der Waals surface area contributed by atoms with E-state index in [4.69, 9.17) is 0 Å². The van der Waals surface area contributed by atoms with Gasteiger partial charge in [-0.25, -0.2) is 0 Å². The van der Waals surface area contributed by atoms with Gasteiger partial charge in [0.05, 0.1) is 0 Å². The minimum Gasteiger partial charge on any atom is -0.377 e. The summed E-state index contributed by atoms with van der Waals surface area (Å²) in [5.41, 5.74) is 6.76. The first-order chi connectivity index (χ1) is 20.8. The molecule has 0 saturated carbocycles. The molecule has 0 unspecified atom stereocenters. The van der Waals surface area contributed by atoms with E-state index < -0.39 is 0 Å². The average molecular weight is 660 g/mol. The minimum absolute atomic E-state index is 0. The zero-order valence-corrected chi connectivity index (χ0v) is 28.5. The number of anilines is 6. The van der Waals surface area contributed by atoms with Crippen LogP contribution in [0.4, 0.5) is 34.1 Å². The van der Waals surface area contributed by atoms with Gasteiger partial charge >= 0.3 is 0 Å². The fourth-order valence-corrected chi connectivity index (χ4v) is 7.46. The van der Waals surface area contributed by atoms with E-state index in [0.717, 1.165) is 17.1 Å². The number of nitrogens with one attached hydrogen (secondary N) is 3. The summed E-state index contributed by atoms with van der Waals surface area (Å²) in [5, 5.41) is 10.1. The zero-order valence-electron chi connectivity index (χ0n) is 23.1. The first kappa shape index (κ1) is 29.5.